The van der Waals surface area contributed by atoms with E-state index in [0.717, 1.165) is 13.0 Å². The molecule has 21 heavy (non-hydrogen) atoms. The zero-order valence-corrected chi connectivity index (χ0v) is 12.4. The first-order valence-electron chi connectivity index (χ1n) is 6.98. The summed E-state index contributed by atoms with van der Waals surface area (Å²) in [4.78, 5) is 12.3. The molecule has 1 amide bonds. The van der Waals surface area contributed by atoms with Crippen molar-refractivity contribution >= 4 is 17.5 Å². The van der Waals surface area contributed by atoms with Crippen molar-refractivity contribution in [3.8, 4) is 0 Å². The van der Waals surface area contributed by atoms with Crippen LogP contribution in [0.15, 0.2) is 18.2 Å². The summed E-state index contributed by atoms with van der Waals surface area (Å²) < 4.78 is 24.0. The third-order valence-electron chi connectivity index (χ3n) is 4.37. The number of hydrogen-bond acceptors (Lipinski definition) is 3. The molecule has 1 aliphatic heterocycles. The van der Waals surface area contributed by atoms with Gasteiger partial charge in [0.1, 0.15) is 5.82 Å². The van der Waals surface area contributed by atoms with Crippen molar-refractivity contribution in [3.63, 3.8) is 0 Å². The van der Waals surface area contributed by atoms with Gasteiger partial charge in [0.2, 0.25) is 0 Å². The van der Waals surface area contributed by atoms with Crippen LogP contribution in [-0.2, 0) is 9.47 Å². The van der Waals surface area contributed by atoms with E-state index in [2.05, 4.69) is 5.32 Å². The Morgan fingerprint density at radius 1 is 1.57 bits per heavy atom. The maximum Gasteiger partial charge on any atom is 0.251 e. The minimum Gasteiger partial charge on any atom is -0.384 e. The first-order chi connectivity index (χ1) is 10.1. The Balaban J connectivity index is 1.70. The molecule has 1 aliphatic carbocycles. The number of ether oxygens (including phenoxy) is 2. The molecule has 2 fully saturated rings. The van der Waals surface area contributed by atoms with Crippen molar-refractivity contribution in [1.82, 2.24) is 5.32 Å². The largest absolute Gasteiger partial charge is 0.384 e. The highest BCUT2D eigenvalue weighted by molar-refractivity contribution is 6.31. The average Bonchev–Trinajstić information content (AvgIpc) is 2.89. The van der Waals surface area contributed by atoms with Crippen LogP contribution in [0.2, 0.25) is 5.02 Å². The molecule has 1 aromatic carbocycles. The number of fused-ring (bicyclic) bond motifs is 1. The third kappa shape index (κ3) is 2.65. The van der Waals surface area contributed by atoms with Gasteiger partial charge in [-0.05, 0) is 24.6 Å². The lowest BCUT2D eigenvalue weighted by Crippen LogP contribution is -2.62. The van der Waals surface area contributed by atoms with E-state index >= 15 is 0 Å². The average molecular weight is 314 g/mol. The number of amides is 1. The molecular formula is C15H17ClFNO3. The Bertz CT molecular complexity index is 554. The molecule has 0 bridgehead atoms. The van der Waals surface area contributed by atoms with E-state index in [1.165, 1.54) is 18.2 Å². The molecule has 1 heterocycles. The van der Waals surface area contributed by atoms with Crippen molar-refractivity contribution in [2.75, 3.05) is 20.3 Å². The molecule has 1 saturated heterocycles. The van der Waals surface area contributed by atoms with Gasteiger partial charge in [-0.2, -0.15) is 0 Å². The summed E-state index contributed by atoms with van der Waals surface area (Å²) in [6.45, 7) is 1.28. The molecule has 0 aromatic heterocycles. The second-order valence-corrected chi connectivity index (χ2v) is 5.94. The van der Waals surface area contributed by atoms with Crippen LogP contribution in [0.4, 0.5) is 4.39 Å². The van der Waals surface area contributed by atoms with Gasteiger partial charge in [-0.1, -0.05) is 11.6 Å². The Kier molecular flexibility index (Phi) is 4.15. The number of carbonyl (C=O) groups is 1. The van der Waals surface area contributed by atoms with Gasteiger partial charge in [0.15, 0.2) is 0 Å². The van der Waals surface area contributed by atoms with Crippen molar-refractivity contribution in [2.24, 2.45) is 11.8 Å². The van der Waals surface area contributed by atoms with Crippen LogP contribution < -0.4 is 5.32 Å². The van der Waals surface area contributed by atoms with E-state index in [-0.39, 0.29) is 29.0 Å². The number of halogens is 2. The minimum atomic E-state index is -0.529. The number of hydrogen-bond donors (Lipinski definition) is 1. The first-order valence-corrected chi connectivity index (χ1v) is 7.36. The van der Waals surface area contributed by atoms with Gasteiger partial charge in [-0.15, -0.1) is 0 Å². The number of methoxy groups -OCH3 is 1. The van der Waals surface area contributed by atoms with E-state index in [9.17, 15) is 9.18 Å². The lowest BCUT2D eigenvalue weighted by Gasteiger charge is -2.47. The molecule has 0 unspecified atom stereocenters. The van der Waals surface area contributed by atoms with E-state index in [0.29, 0.717) is 18.1 Å². The van der Waals surface area contributed by atoms with Crippen LogP contribution in [0.1, 0.15) is 16.8 Å². The topological polar surface area (TPSA) is 47.6 Å². The molecule has 0 radical (unpaired) electrons. The van der Waals surface area contributed by atoms with Crippen LogP contribution in [0.25, 0.3) is 0 Å². The molecule has 1 aromatic rings. The summed E-state index contributed by atoms with van der Waals surface area (Å²) in [7, 11) is 1.64. The van der Waals surface area contributed by atoms with Crippen molar-refractivity contribution < 1.29 is 18.7 Å². The van der Waals surface area contributed by atoms with Gasteiger partial charge in [-0.3, -0.25) is 4.79 Å². The molecular weight excluding hydrogens is 297 g/mol. The maximum atomic E-state index is 13.1. The van der Waals surface area contributed by atoms with Crippen LogP contribution in [0, 0.1) is 17.7 Å². The standard InChI is InChI=1S/C15H17ClFNO3/c1-20-7-10-13(9-4-5-21-14(9)10)18-15(19)8-2-3-12(17)11(16)6-8/h2-3,6,9-10,13-14H,4-5,7H2,1H3,(H,18,19)/t9-,10+,13-,14-/m0/s1. The molecule has 4 atom stereocenters. The SMILES string of the molecule is COC[C@@H]1[C@@H](NC(=O)c2ccc(F)c(Cl)c2)[C@@H]2CCO[C@H]12. The number of benzene rings is 1. The highest BCUT2D eigenvalue weighted by Gasteiger charge is 2.54. The van der Waals surface area contributed by atoms with Crippen LogP contribution in [0.3, 0.4) is 0 Å². The van der Waals surface area contributed by atoms with Gasteiger partial charge in [-0.25, -0.2) is 4.39 Å². The molecule has 2 aliphatic rings. The highest BCUT2D eigenvalue weighted by atomic mass is 35.5. The summed E-state index contributed by atoms with van der Waals surface area (Å²) in [5.41, 5.74) is 0.361. The lowest BCUT2D eigenvalue weighted by atomic mass is 9.67. The van der Waals surface area contributed by atoms with E-state index in [1.54, 1.807) is 7.11 Å². The summed E-state index contributed by atoms with van der Waals surface area (Å²) in [5.74, 6) is -0.265. The van der Waals surface area contributed by atoms with Crippen LogP contribution in [0.5, 0.6) is 0 Å². The number of nitrogens with one attached hydrogen (secondary N) is 1. The van der Waals surface area contributed by atoms with Crippen LogP contribution in [-0.4, -0.2) is 38.4 Å². The number of rotatable bonds is 4. The van der Waals surface area contributed by atoms with E-state index in [1.807, 2.05) is 0 Å². The lowest BCUT2D eigenvalue weighted by molar-refractivity contribution is -0.0809. The Morgan fingerprint density at radius 3 is 3.10 bits per heavy atom. The predicted molar refractivity (Wildman–Crippen MR) is 75.9 cm³/mol. The first kappa shape index (κ1) is 14.8. The van der Waals surface area contributed by atoms with Gasteiger partial charge in [0.05, 0.1) is 17.7 Å². The maximum absolute atomic E-state index is 13.1. The fourth-order valence-electron chi connectivity index (χ4n) is 3.31. The molecule has 4 nitrogen and oxygen atoms in total. The number of carbonyl (C=O) groups excluding carboxylic acids is 1. The summed E-state index contributed by atoms with van der Waals surface area (Å²) in [6, 6.07) is 4.02. The second-order valence-electron chi connectivity index (χ2n) is 5.54. The fourth-order valence-corrected chi connectivity index (χ4v) is 3.49. The molecule has 1 saturated carbocycles. The fraction of sp³-hybridized carbons (Fsp3) is 0.533. The monoisotopic (exact) mass is 313 g/mol. The Labute approximate surface area is 127 Å². The molecule has 3 rings (SSSR count). The quantitative estimate of drug-likeness (QED) is 0.927. The summed E-state index contributed by atoms with van der Waals surface area (Å²) in [5, 5.41) is 2.96. The predicted octanol–water partition coefficient (Wildman–Crippen LogP) is 2.26. The molecule has 0 spiro atoms. The van der Waals surface area contributed by atoms with Crippen molar-refractivity contribution in [3.05, 3.63) is 34.6 Å². The van der Waals surface area contributed by atoms with Gasteiger partial charge in [0.25, 0.3) is 5.91 Å². The van der Waals surface area contributed by atoms with E-state index < -0.39 is 5.82 Å². The third-order valence-corrected chi connectivity index (χ3v) is 4.66. The smallest absolute Gasteiger partial charge is 0.251 e. The normalized spacial score (nSPS) is 30.6. The zero-order chi connectivity index (χ0) is 15.0. The van der Waals surface area contributed by atoms with Gasteiger partial charge >= 0.3 is 0 Å². The molecule has 6 heteroatoms. The Hall–Kier alpha value is -1.17. The molecule has 114 valence electrons. The van der Waals surface area contributed by atoms with Gasteiger partial charge < -0.3 is 14.8 Å². The zero-order valence-electron chi connectivity index (χ0n) is 11.6. The highest BCUT2D eigenvalue weighted by Crippen LogP contribution is 2.43. The summed E-state index contributed by atoms with van der Waals surface area (Å²) in [6.07, 6.45) is 1.12. The van der Waals surface area contributed by atoms with Crippen molar-refractivity contribution in [2.45, 2.75) is 18.6 Å². The van der Waals surface area contributed by atoms with Crippen molar-refractivity contribution in [1.29, 1.82) is 0 Å². The Morgan fingerprint density at radius 2 is 2.38 bits per heavy atom. The second kappa shape index (κ2) is 5.91. The molecule has 1 N–H and O–H groups in total. The van der Waals surface area contributed by atoms with Crippen LogP contribution >= 0.6 is 11.6 Å². The minimum absolute atomic E-state index is 0.0359. The summed E-state index contributed by atoms with van der Waals surface area (Å²) >= 11 is 5.71. The van der Waals surface area contributed by atoms with E-state index in [4.69, 9.17) is 21.1 Å². The van der Waals surface area contributed by atoms with Gasteiger partial charge in [0, 0.05) is 37.2 Å².